The Balaban J connectivity index is 1.87. The molecule has 2 rings (SSSR count). The molecule has 1 aromatic heterocycles. The summed E-state index contributed by atoms with van der Waals surface area (Å²) in [5, 5.41) is 11.0. The van der Waals surface area contributed by atoms with Gasteiger partial charge in [-0.2, -0.15) is 0 Å². The van der Waals surface area contributed by atoms with Crippen molar-refractivity contribution in [1.82, 2.24) is 9.88 Å². The molecular weight excluding hydrogens is 224 g/mol. The van der Waals surface area contributed by atoms with E-state index >= 15 is 0 Å². The number of aliphatic carboxylic acids is 1. The average Bonchev–Trinajstić information content (AvgIpc) is 2.67. The number of aromatic nitrogens is 1. The molecule has 0 radical (unpaired) electrons. The molecule has 0 aromatic carbocycles. The lowest BCUT2D eigenvalue weighted by Crippen LogP contribution is -2.51. The Kier molecular flexibility index (Phi) is 3.25. The summed E-state index contributed by atoms with van der Waals surface area (Å²) < 4.78 is 0. The van der Waals surface area contributed by atoms with Crippen LogP contribution in [0.15, 0.2) is 10.9 Å². The van der Waals surface area contributed by atoms with Crippen molar-refractivity contribution in [2.75, 3.05) is 13.1 Å². The van der Waals surface area contributed by atoms with Crippen LogP contribution < -0.4 is 0 Å². The van der Waals surface area contributed by atoms with Crippen LogP contribution in [0.1, 0.15) is 25.6 Å². The smallest absolute Gasteiger partial charge is 0.306 e. The second kappa shape index (κ2) is 4.51. The van der Waals surface area contributed by atoms with Crippen LogP contribution in [0.4, 0.5) is 0 Å². The molecule has 0 bridgehead atoms. The predicted molar refractivity (Wildman–Crippen MR) is 62.4 cm³/mol. The van der Waals surface area contributed by atoms with Crippen LogP contribution in [-0.2, 0) is 4.79 Å². The van der Waals surface area contributed by atoms with Gasteiger partial charge in [-0.05, 0) is 12.8 Å². The Hall–Kier alpha value is -0.940. The highest BCUT2D eigenvalue weighted by Crippen LogP contribution is 2.31. The van der Waals surface area contributed by atoms with Crippen molar-refractivity contribution in [1.29, 1.82) is 0 Å². The van der Waals surface area contributed by atoms with Gasteiger partial charge in [-0.25, -0.2) is 4.98 Å². The number of carbonyl (C=O) groups is 1. The number of hydrogen-bond acceptors (Lipinski definition) is 4. The largest absolute Gasteiger partial charge is 0.481 e. The first-order chi connectivity index (χ1) is 7.59. The third-order valence-corrected chi connectivity index (χ3v) is 4.07. The molecule has 0 spiro atoms. The molecule has 1 aliphatic rings. The molecule has 1 fully saturated rings. The SMILES string of the molecule is CC(C(=O)O)C1CN(C(C)c2cscn2)C1. The number of carboxylic acid groups (broad SMARTS) is 1. The Morgan fingerprint density at radius 2 is 2.31 bits per heavy atom. The molecule has 2 atom stereocenters. The van der Waals surface area contributed by atoms with E-state index in [0.29, 0.717) is 12.0 Å². The standard InChI is InChI=1S/C11H16N2O2S/c1-7(11(14)15)9-3-13(4-9)8(2)10-5-16-6-12-10/h5-9H,3-4H2,1-2H3,(H,14,15). The van der Waals surface area contributed by atoms with Gasteiger partial charge in [-0.15, -0.1) is 11.3 Å². The minimum atomic E-state index is -0.689. The summed E-state index contributed by atoms with van der Waals surface area (Å²) in [5.74, 6) is -0.636. The Bertz CT molecular complexity index is 360. The monoisotopic (exact) mass is 240 g/mol. The summed E-state index contributed by atoms with van der Waals surface area (Å²) in [7, 11) is 0. The van der Waals surface area contributed by atoms with Crippen molar-refractivity contribution in [3.05, 3.63) is 16.6 Å². The fourth-order valence-corrected chi connectivity index (χ4v) is 2.64. The first-order valence-corrected chi connectivity index (χ1v) is 6.38. The zero-order valence-electron chi connectivity index (χ0n) is 9.46. The van der Waals surface area contributed by atoms with E-state index in [1.807, 2.05) is 5.51 Å². The molecule has 5 heteroatoms. The quantitative estimate of drug-likeness (QED) is 0.872. The second-order valence-corrected chi connectivity index (χ2v) is 5.15. The van der Waals surface area contributed by atoms with Crippen LogP contribution in [0.3, 0.4) is 0 Å². The molecule has 1 aromatic rings. The van der Waals surface area contributed by atoms with E-state index in [0.717, 1.165) is 18.8 Å². The van der Waals surface area contributed by atoms with Crippen LogP contribution in [0.25, 0.3) is 0 Å². The molecule has 2 unspecified atom stereocenters. The fourth-order valence-electron chi connectivity index (χ4n) is 2.00. The van der Waals surface area contributed by atoms with Gasteiger partial charge in [-0.1, -0.05) is 6.92 Å². The van der Waals surface area contributed by atoms with Crippen molar-refractivity contribution in [3.8, 4) is 0 Å². The first kappa shape index (κ1) is 11.5. The molecule has 16 heavy (non-hydrogen) atoms. The molecule has 2 heterocycles. The van der Waals surface area contributed by atoms with Gasteiger partial charge in [0, 0.05) is 18.5 Å². The summed E-state index contributed by atoms with van der Waals surface area (Å²) in [6.45, 7) is 5.65. The van der Waals surface area contributed by atoms with Crippen molar-refractivity contribution >= 4 is 17.3 Å². The highest BCUT2D eigenvalue weighted by Gasteiger charge is 2.37. The molecule has 1 N–H and O–H groups in total. The van der Waals surface area contributed by atoms with E-state index in [1.165, 1.54) is 0 Å². The normalized spacial score (nSPS) is 21.4. The number of thiazole rings is 1. The summed E-state index contributed by atoms with van der Waals surface area (Å²) in [6, 6.07) is 0.309. The van der Waals surface area contributed by atoms with Crippen LogP contribution in [0, 0.1) is 11.8 Å². The molecule has 0 aliphatic carbocycles. The van der Waals surface area contributed by atoms with Crippen LogP contribution in [0.2, 0.25) is 0 Å². The van der Waals surface area contributed by atoms with Gasteiger partial charge in [0.05, 0.1) is 23.2 Å². The summed E-state index contributed by atoms with van der Waals surface area (Å²) in [5.41, 5.74) is 2.93. The molecule has 0 saturated carbocycles. The number of likely N-dealkylation sites (tertiary alicyclic amines) is 1. The zero-order valence-corrected chi connectivity index (χ0v) is 10.3. The molecule has 4 nitrogen and oxygen atoms in total. The van der Waals surface area contributed by atoms with Gasteiger partial charge in [0.25, 0.3) is 0 Å². The minimum absolute atomic E-state index is 0.237. The number of rotatable bonds is 4. The van der Waals surface area contributed by atoms with Crippen molar-refractivity contribution in [2.24, 2.45) is 11.8 Å². The van der Waals surface area contributed by atoms with Gasteiger partial charge in [0.1, 0.15) is 0 Å². The highest BCUT2D eigenvalue weighted by atomic mass is 32.1. The van der Waals surface area contributed by atoms with E-state index in [1.54, 1.807) is 18.3 Å². The van der Waals surface area contributed by atoms with Crippen LogP contribution in [-0.4, -0.2) is 34.0 Å². The van der Waals surface area contributed by atoms with Gasteiger partial charge in [-0.3, -0.25) is 9.69 Å². The van der Waals surface area contributed by atoms with Gasteiger partial charge in [0.2, 0.25) is 0 Å². The number of carboxylic acids is 1. The third-order valence-electron chi connectivity index (χ3n) is 3.46. The Morgan fingerprint density at radius 1 is 1.62 bits per heavy atom. The second-order valence-electron chi connectivity index (χ2n) is 4.43. The first-order valence-electron chi connectivity index (χ1n) is 5.44. The highest BCUT2D eigenvalue weighted by molar-refractivity contribution is 7.07. The average molecular weight is 240 g/mol. The van der Waals surface area contributed by atoms with E-state index in [2.05, 4.69) is 22.2 Å². The Labute approximate surface area is 98.9 Å². The van der Waals surface area contributed by atoms with E-state index in [4.69, 9.17) is 5.11 Å². The van der Waals surface area contributed by atoms with E-state index < -0.39 is 5.97 Å². The van der Waals surface area contributed by atoms with E-state index in [-0.39, 0.29) is 5.92 Å². The lowest BCUT2D eigenvalue weighted by atomic mass is 9.86. The van der Waals surface area contributed by atoms with Gasteiger partial charge >= 0.3 is 5.97 Å². The van der Waals surface area contributed by atoms with E-state index in [9.17, 15) is 4.79 Å². The third kappa shape index (κ3) is 2.10. The van der Waals surface area contributed by atoms with Gasteiger partial charge < -0.3 is 5.11 Å². The molecular formula is C11H16N2O2S. The van der Waals surface area contributed by atoms with Crippen LogP contribution in [0.5, 0.6) is 0 Å². The minimum Gasteiger partial charge on any atom is -0.481 e. The van der Waals surface area contributed by atoms with Crippen molar-refractivity contribution in [2.45, 2.75) is 19.9 Å². The predicted octanol–water partition coefficient (Wildman–Crippen LogP) is 1.86. The fraction of sp³-hybridized carbons (Fsp3) is 0.636. The molecule has 1 saturated heterocycles. The van der Waals surface area contributed by atoms with Crippen molar-refractivity contribution < 1.29 is 9.90 Å². The number of hydrogen-bond donors (Lipinski definition) is 1. The number of nitrogens with zero attached hydrogens (tertiary/aromatic N) is 2. The zero-order chi connectivity index (χ0) is 11.7. The lowest BCUT2D eigenvalue weighted by molar-refractivity contribution is -0.146. The molecule has 1 aliphatic heterocycles. The summed E-state index contributed by atoms with van der Waals surface area (Å²) in [6.07, 6.45) is 0. The summed E-state index contributed by atoms with van der Waals surface area (Å²) in [4.78, 5) is 17.4. The maximum absolute atomic E-state index is 10.8. The molecule has 0 amide bonds. The maximum Gasteiger partial charge on any atom is 0.306 e. The van der Waals surface area contributed by atoms with Crippen LogP contribution >= 0.6 is 11.3 Å². The summed E-state index contributed by atoms with van der Waals surface area (Å²) >= 11 is 1.60. The van der Waals surface area contributed by atoms with Gasteiger partial charge in [0.15, 0.2) is 0 Å². The maximum atomic E-state index is 10.8. The molecule has 88 valence electrons. The van der Waals surface area contributed by atoms with Crippen molar-refractivity contribution in [3.63, 3.8) is 0 Å². The Morgan fingerprint density at radius 3 is 2.81 bits per heavy atom. The topological polar surface area (TPSA) is 53.4 Å². The lowest BCUT2D eigenvalue weighted by Gasteiger charge is -2.44.